The summed E-state index contributed by atoms with van der Waals surface area (Å²) in [4.78, 5) is 25.8. The predicted octanol–water partition coefficient (Wildman–Crippen LogP) is 5.99. The third-order valence-electron chi connectivity index (χ3n) is 4.91. The second kappa shape index (κ2) is 10.3. The number of halogens is 1. The molecule has 0 amide bonds. The van der Waals surface area contributed by atoms with Crippen molar-refractivity contribution in [2.24, 2.45) is 0 Å². The average molecular weight is 481 g/mol. The molecular formula is C26H25ClN2O3S. The largest absolute Gasteiger partial charge is 0.457 e. The molecule has 1 atom stereocenters. The van der Waals surface area contributed by atoms with E-state index in [1.165, 1.54) is 11.8 Å². The number of carbonyl (C=O) groups is 2. The van der Waals surface area contributed by atoms with Gasteiger partial charge in [0.15, 0.2) is 5.78 Å². The van der Waals surface area contributed by atoms with Crippen LogP contribution < -0.4 is 5.32 Å². The molecule has 1 heterocycles. The number of allylic oxidation sites excluding steroid dienone is 2. The summed E-state index contributed by atoms with van der Waals surface area (Å²) in [6.07, 6.45) is 0. The van der Waals surface area contributed by atoms with Crippen LogP contribution in [0.2, 0.25) is 5.02 Å². The molecule has 0 spiro atoms. The molecule has 0 saturated heterocycles. The molecule has 2 aromatic carbocycles. The zero-order valence-corrected chi connectivity index (χ0v) is 20.5. The van der Waals surface area contributed by atoms with Crippen molar-refractivity contribution in [3.05, 3.63) is 92.6 Å². The summed E-state index contributed by atoms with van der Waals surface area (Å²) in [6, 6.07) is 18.3. The Morgan fingerprint density at radius 3 is 2.33 bits per heavy atom. The summed E-state index contributed by atoms with van der Waals surface area (Å²) >= 11 is 7.32. The molecule has 7 heteroatoms. The van der Waals surface area contributed by atoms with Gasteiger partial charge in [-0.1, -0.05) is 65.8 Å². The molecule has 5 nitrogen and oxygen atoms in total. The highest BCUT2D eigenvalue weighted by Gasteiger charge is 2.37. The number of thioether (sulfide) groups is 1. The van der Waals surface area contributed by atoms with Crippen LogP contribution in [0.25, 0.3) is 0 Å². The minimum atomic E-state index is -0.692. The molecule has 3 rings (SSSR count). The Labute approximate surface area is 203 Å². The van der Waals surface area contributed by atoms with Crippen LogP contribution in [0.5, 0.6) is 0 Å². The number of nitrogens with one attached hydrogen (secondary N) is 1. The Morgan fingerprint density at radius 2 is 1.76 bits per heavy atom. The number of hydrogen-bond acceptors (Lipinski definition) is 6. The predicted molar refractivity (Wildman–Crippen MR) is 132 cm³/mol. The Kier molecular flexibility index (Phi) is 7.68. The summed E-state index contributed by atoms with van der Waals surface area (Å²) in [5, 5.41) is 14.4. The summed E-state index contributed by atoms with van der Waals surface area (Å²) in [7, 11) is 0. The number of ketones is 1. The number of ether oxygens (including phenoxy) is 1. The number of dihydropyridines is 1. The normalized spacial score (nSPS) is 16.2. The maximum Gasteiger partial charge on any atom is 0.337 e. The number of benzene rings is 2. The minimum absolute atomic E-state index is 0.0465. The second-order valence-electron chi connectivity index (χ2n) is 8.58. The third kappa shape index (κ3) is 6.07. The van der Waals surface area contributed by atoms with E-state index < -0.39 is 17.5 Å². The number of nitriles is 1. The number of esters is 1. The maximum atomic E-state index is 13.2. The van der Waals surface area contributed by atoms with Gasteiger partial charge in [-0.05, 0) is 45.4 Å². The first-order chi connectivity index (χ1) is 15.6. The fourth-order valence-corrected chi connectivity index (χ4v) is 4.58. The topological polar surface area (TPSA) is 79.2 Å². The lowest BCUT2D eigenvalue weighted by atomic mass is 9.82. The summed E-state index contributed by atoms with van der Waals surface area (Å²) in [6.45, 7) is 7.17. The van der Waals surface area contributed by atoms with Gasteiger partial charge in [-0.3, -0.25) is 4.79 Å². The van der Waals surface area contributed by atoms with Gasteiger partial charge < -0.3 is 10.1 Å². The zero-order valence-electron chi connectivity index (χ0n) is 18.9. The van der Waals surface area contributed by atoms with E-state index in [2.05, 4.69) is 11.4 Å². The van der Waals surface area contributed by atoms with Crippen LogP contribution in [0.15, 0.2) is 76.5 Å². The maximum absolute atomic E-state index is 13.2. The highest BCUT2D eigenvalue weighted by atomic mass is 35.5. The van der Waals surface area contributed by atoms with Gasteiger partial charge in [0.2, 0.25) is 0 Å². The van der Waals surface area contributed by atoms with E-state index in [1.54, 1.807) is 64.1 Å². The Hall–Kier alpha value is -3.01. The molecule has 0 fully saturated rings. The number of rotatable bonds is 6. The van der Waals surface area contributed by atoms with E-state index in [4.69, 9.17) is 16.3 Å². The van der Waals surface area contributed by atoms with Crippen molar-refractivity contribution in [1.82, 2.24) is 5.32 Å². The van der Waals surface area contributed by atoms with Crippen LogP contribution in [0.4, 0.5) is 0 Å². The van der Waals surface area contributed by atoms with E-state index >= 15 is 0 Å². The van der Waals surface area contributed by atoms with Crippen LogP contribution >= 0.6 is 23.4 Å². The third-order valence-corrected chi connectivity index (χ3v) is 6.18. The molecule has 0 aromatic heterocycles. The molecule has 0 unspecified atom stereocenters. The lowest BCUT2D eigenvalue weighted by Crippen LogP contribution is -2.32. The molecule has 33 heavy (non-hydrogen) atoms. The summed E-state index contributed by atoms with van der Waals surface area (Å²) < 4.78 is 5.65. The molecular weight excluding hydrogens is 456 g/mol. The van der Waals surface area contributed by atoms with E-state index in [0.717, 1.165) is 5.56 Å². The van der Waals surface area contributed by atoms with E-state index in [-0.39, 0.29) is 11.5 Å². The van der Waals surface area contributed by atoms with Crippen LogP contribution in [-0.4, -0.2) is 23.1 Å². The Bertz CT molecular complexity index is 1160. The smallest absolute Gasteiger partial charge is 0.337 e. The molecule has 0 aliphatic carbocycles. The van der Waals surface area contributed by atoms with E-state index in [0.29, 0.717) is 32.5 Å². The van der Waals surface area contributed by atoms with Crippen LogP contribution in [0.3, 0.4) is 0 Å². The first kappa shape index (κ1) is 24.6. The molecule has 2 aromatic rings. The van der Waals surface area contributed by atoms with Crippen molar-refractivity contribution in [2.75, 3.05) is 5.75 Å². The highest BCUT2D eigenvalue weighted by Crippen LogP contribution is 2.41. The fraction of sp³-hybridized carbons (Fsp3) is 0.269. The SMILES string of the molecule is CC1=C(C(=O)OC(C)(C)C)[C@H](c2ccc(Cl)cc2)C(C#N)=C(SCC(=O)c2ccccc2)N1. The van der Waals surface area contributed by atoms with E-state index in [9.17, 15) is 14.9 Å². The van der Waals surface area contributed by atoms with Crippen LogP contribution in [0.1, 0.15) is 49.5 Å². The van der Waals surface area contributed by atoms with Gasteiger partial charge in [0, 0.05) is 16.3 Å². The molecule has 1 N–H and O–H groups in total. The first-order valence-electron chi connectivity index (χ1n) is 10.4. The lowest BCUT2D eigenvalue weighted by molar-refractivity contribution is -0.150. The Morgan fingerprint density at radius 1 is 1.12 bits per heavy atom. The first-order valence-corrected chi connectivity index (χ1v) is 11.8. The van der Waals surface area contributed by atoms with Gasteiger partial charge in [0.25, 0.3) is 0 Å². The number of Topliss-reactive ketones (excluding diaryl/α,β-unsaturated/α-hetero) is 1. The zero-order chi connectivity index (χ0) is 24.2. The van der Waals surface area contributed by atoms with Crippen molar-refractivity contribution >= 4 is 35.1 Å². The summed E-state index contributed by atoms with van der Waals surface area (Å²) in [5.74, 6) is -1.03. The summed E-state index contributed by atoms with van der Waals surface area (Å²) in [5.41, 5.74) is 1.96. The van der Waals surface area contributed by atoms with Crippen molar-refractivity contribution in [3.8, 4) is 6.07 Å². The van der Waals surface area contributed by atoms with Gasteiger partial charge in [-0.2, -0.15) is 5.26 Å². The van der Waals surface area contributed by atoms with Gasteiger partial charge in [-0.25, -0.2) is 4.79 Å². The van der Waals surface area contributed by atoms with Gasteiger partial charge in [0.05, 0.1) is 33.9 Å². The molecule has 0 radical (unpaired) electrons. The number of carbonyl (C=O) groups excluding carboxylic acids is 2. The number of hydrogen-bond donors (Lipinski definition) is 1. The van der Waals surface area contributed by atoms with Crippen LogP contribution in [0, 0.1) is 11.3 Å². The van der Waals surface area contributed by atoms with Crippen molar-refractivity contribution in [3.63, 3.8) is 0 Å². The minimum Gasteiger partial charge on any atom is -0.457 e. The molecule has 1 aliphatic rings. The average Bonchev–Trinajstić information content (AvgIpc) is 2.76. The molecule has 0 saturated carbocycles. The number of nitrogens with zero attached hydrogens (tertiary/aromatic N) is 1. The van der Waals surface area contributed by atoms with Gasteiger partial charge in [-0.15, -0.1) is 0 Å². The lowest BCUT2D eigenvalue weighted by Gasteiger charge is -2.31. The molecule has 0 bridgehead atoms. The van der Waals surface area contributed by atoms with Crippen molar-refractivity contribution in [2.45, 2.75) is 39.2 Å². The van der Waals surface area contributed by atoms with Gasteiger partial charge >= 0.3 is 5.97 Å². The highest BCUT2D eigenvalue weighted by molar-refractivity contribution is 8.03. The quantitative estimate of drug-likeness (QED) is 0.404. The standard InChI is InChI=1S/C26H25ClN2O3S/c1-16-22(25(31)32-26(2,3)4)23(18-10-12-19(27)13-11-18)20(14-28)24(29-16)33-15-21(30)17-8-6-5-7-9-17/h5-13,23,29H,15H2,1-4H3/t23-/m1/s1. The van der Waals surface area contributed by atoms with E-state index in [1.807, 2.05) is 18.2 Å². The molecule has 1 aliphatic heterocycles. The fourth-order valence-electron chi connectivity index (χ4n) is 3.46. The second-order valence-corrected chi connectivity index (χ2v) is 10.0. The van der Waals surface area contributed by atoms with Crippen molar-refractivity contribution in [1.29, 1.82) is 5.26 Å². The Balaban J connectivity index is 2.00. The van der Waals surface area contributed by atoms with Gasteiger partial charge in [0.1, 0.15) is 5.60 Å². The monoisotopic (exact) mass is 480 g/mol. The van der Waals surface area contributed by atoms with Crippen LogP contribution in [-0.2, 0) is 9.53 Å². The van der Waals surface area contributed by atoms with Crippen molar-refractivity contribution < 1.29 is 14.3 Å². The molecule has 170 valence electrons.